The summed E-state index contributed by atoms with van der Waals surface area (Å²) in [5.74, 6) is 0.903. The molecule has 1 saturated carbocycles. The van der Waals surface area contributed by atoms with E-state index >= 15 is 0 Å². The second-order valence-corrected chi connectivity index (χ2v) is 3.78. The van der Waals surface area contributed by atoms with Crippen LogP contribution >= 0.6 is 0 Å². The number of rotatable bonds is 8. The number of nitrogens with zero attached hydrogens (tertiary/aromatic N) is 1. The minimum Gasteiger partial charge on any atom is -0.382 e. The molecule has 0 atom stereocenters. The van der Waals surface area contributed by atoms with Crippen molar-refractivity contribution in [3.63, 3.8) is 0 Å². The van der Waals surface area contributed by atoms with Crippen LogP contribution in [0.5, 0.6) is 0 Å². The zero-order valence-electron chi connectivity index (χ0n) is 10.3. The maximum Gasteiger partial charge on any atom is 0.191 e. The van der Waals surface area contributed by atoms with Crippen molar-refractivity contribution in [2.45, 2.75) is 25.8 Å². The lowest BCUT2D eigenvalue weighted by Gasteiger charge is -2.10. The van der Waals surface area contributed by atoms with Crippen LogP contribution in [-0.4, -0.2) is 52.0 Å². The highest BCUT2D eigenvalue weighted by molar-refractivity contribution is 5.80. The van der Waals surface area contributed by atoms with Crippen molar-refractivity contribution in [3.8, 4) is 0 Å². The van der Waals surface area contributed by atoms with Crippen LogP contribution in [0.15, 0.2) is 4.99 Å². The molecule has 1 aliphatic rings. The van der Waals surface area contributed by atoms with E-state index in [0.29, 0.717) is 32.4 Å². The smallest absolute Gasteiger partial charge is 0.191 e. The topological polar surface area (TPSA) is 54.9 Å². The monoisotopic (exact) mass is 229 g/mol. The Balaban J connectivity index is 2.06. The zero-order valence-corrected chi connectivity index (χ0v) is 10.3. The summed E-state index contributed by atoms with van der Waals surface area (Å²) in [5, 5.41) is 6.57. The summed E-state index contributed by atoms with van der Waals surface area (Å²) in [5.41, 5.74) is 0. The normalized spacial score (nSPS) is 16.2. The van der Waals surface area contributed by atoms with Gasteiger partial charge in [-0.1, -0.05) is 0 Å². The summed E-state index contributed by atoms with van der Waals surface area (Å²) >= 11 is 0. The van der Waals surface area contributed by atoms with Gasteiger partial charge in [-0.3, -0.25) is 4.99 Å². The third-order valence-corrected chi connectivity index (χ3v) is 2.20. The lowest BCUT2D eigenvalue weighted by molar-refractivity contribution is 0.0748. The number of hydrogen-bond acceptors (Lipinski definition) is 3. The van der Waals surface area contributed by atoms with Gasteiger partial charge >= 0.3 is 0 Å². The second kappa shape index (κ2) is 8.35. The van der Waals surface area contributed by atoms with Gasteiger partial charge in [-0.15, -0.1) is 0 Å². The Morgan fingerprint density at radius 3 is 2.75 bits per heavy atom. The predicted molar refractivity (Wildman–Crippen MR) is 64.8 cm³/mol. The van der Waals surface area contributed by atoms with E-state index in [-0.39, 0.29) is 0 Å². The minimum absolute atomic E-state index is 0.632. The van der Waals surface area contributed by atoms with Gasteiger partial charge in [0, 0.05) is 19.7 Å². The van der Waals surface area contributed by atoms with Gasteiger partial charge in [0.2, 0.25) is 0 Å². The molecule has 0 amide bonds. The summed E-state index contributed by atoms with van der Waals surface area (Å²) in [6, 6.07) is 0.632. The number of nitrogens with one attached hydrogen (secondary N) is 2. The molecule has 0 aliphatic heterocycles. The number of methoxy groups -OCH3 is 1. The third-order valence-electron chi connectivity index (χ3n) is 2.20. The van der Waals surface area contributed by atoms with Crippen LogP contribution in [-0.2, 0) is 9.47 Å². The molecule has 16 heavy (non-hydrogen) atoms. The lowest BCUT2D eigenvalue weighted by Crippen LogP contribution is -2.38. The molecule has 0 aromatic heterocycles. The van der Waals surface area contributed by atoms with E-state index in [0.717, 1.165) is 12.5 Å². The van der Waals surface area contributed by atoms with E-state index in [9.17, 15) is 0 Å². The maximum absolute atomic E-state index is 5.34. The minimum atomic E-state index is 0.632. The quantitative estimate of drug-likeness (QED) is 0.359. The first kappa shape index (κ1) is 13.3. The molecule has 0 bridgehead atoms. The third kappa shape index (κ3) is 6.63. The Bertz CT molecular complexity index is 205. The number of aliphatic imine (C=N–C) groups is 1. The highest BCUT2D eigenvalue weighted by atomic mass is 16.5. The summed E-state index contributed by atoms with van der Waals surface area (Å²) in [6.45, 7) is 5.57. The van der Waals surface area contributed by atoms with Crippen molar-refractivity contribution in [1.29, 1.82) is 0 Å². The lowest BCUT2D eigenvalue weighted by atomic mass is 10.6. The van der Waals surface area contributed by atoms with Crippen LogP contribution in [0.3, 0.4) is 0 Å². The molecule has 0 aromatic rings. The molecule has 0 spiro atoms. The van der Waals surface area contributed by atoms with E-state index in [1.807, 2.05) is 0 Å². The first-order valence-corrected chi connectivity index (χ1v) is 5.98. The number of guanidine groups is 1. The van der Waals surface area contributed by atoms with Crippen molar-refractivity contribution in [3.05, 3.63) is 0 Å². The van der Waals surface area contributed by atoms with Crippen molar-refractivity contribution in [2.24, 2.45) is 4.99 Å². The van der Waals surface area contributed by atoms with Gasteiger partial charge in [-0.2, -0.15) is 0 Å². The molecule has 1 aliphatic carbocycles. The predicted octanol–water partition coefficient (Wildman–Crippen LogP) is 0.367. The van der Waals surface area contributed by atoms with Gasteiger partial charge in [-0.25, -0.2) is 0 Å². The Morgan fingerprint density at radius 2 is 2.12 bits per heavy atom. The molecule has 5 nitrogen and oxygen atoms in total. The number of ether oxygens (including phenoxy) is 2. The first-order valence-electron chi connectivity index (χ1n) is 5.98. The summed E-state index contributed by atoms with van der Waals surface area (Å²) < 4.78 is 10.2. The molecule has 1 rings (SSSR count). The van der Waals surface area contributed by atoms with Gasteiger partial charge < -0.3 is 20.1 Å². The fourth-order valence-electron chi connectivity index (χ4n) is 1.21. The summed E-state index contributed by atoms with van der Waals surface area (Å²) in [6.07, 6.45) is 2.52. The van der Waals surface area contributed by atoms with Crippen LogP contribution in [0.1, 0.15) is 19.8 Å². The molecule has 0 aromatic carbocycles. The SMILES string of the molecule is CCNC(=NCCOCCOC)NC1CC1. The zero-order chi connectivity index (χ0) is 11.6. The molecule has 0 heterocycles. The van der Waals surface area contributed by atoms with Crippen molar-refractivity contribution in [2.75, 3.05) is 40.0 Å². The van der Waals surface area contributed by atoms with Crippen molar-refractivity contribution >= 4 is 5.96 Å². The van der Waals surface area contributed by atoms with Crippen LogP contribution in [0.2, 0.25) is 0 Å². The molecule has 0 radical (unpaired) electrons. The molecular weight excluding hydrogens is 206 g/mol. The molecule has 0 saturated heterocycles. The van der Waals surface area contributed by atoms with E-state index in [1.54, 1.807) is 7.11 Å². The van der Waals surface area contributed by atoms with Crippen LogP contribution in [0, 0.1) is 0 Å². The first-order chi connectivity index (χ1) is 7.86. The Hall–Kier alpha value is -0.810. The Morgan fingerprint density at radius 1 is 1.31 bits per heavy atom. The molecule has 1 fully saturated rings. The van der Waals surface area contributed by atoms with Crippen LogP contribution in [0.25, 0.3) is 0 Å². The van der Waals surface area contributed by atoms with Gasteiger partial charge in [0.05, 0.1) is 26.4 Å². The molecular formula is C11H23N3O2. The number of hydrogen-bond donors (Lipinski definition) is 2. The fraction of sp³-hybridized carbons (Fsp3) is 0.909. The molecule has 0 unspecified atom stereocenters. The standard InChI is InChI=1S/C11H23N3O2/c1-3-12-11(14-10-4-5-10)13-6-7-16-9-8-15-2/h10H,3-9H2,1-2H3,(H2,12,13,14). The van der Waals surface area contributed by atoms with E-state index in [2.05, 4.69) is 22.5 Å². The highest BCUT2D eigenvalue weighted by Crippen LogP contribution is 2.18. The molecule has 2 N–H and O–H groups in total. The van der Waals surface area contributed by atoms with E-state index < -0.39 is 0 Å². The van der Waals surface area contributed by atoms with E-state index in [4.69, 9.17) is 9.47 Å². The Labute approximate surface area is 97.6 Å². The maximum atomic E-state index is 5.34. The molecule has 5 heteroatoms. The highest BCUT2D eigenvalue weighted by Gasteiger charge is 2.21. The average Bonchev–Trinajstić information content (AvgIpc) is 3.07. The van der Waals surface area contributed by atoms with Gasteiger partial charge in [0.15, 0.2) is 5.96 Å². The van der Waals surface area contributed by atoms with Crippen molar-refractivity contribution < 1.29 is 9.47 Å². The largest absolute Gasteiger partial charge is 0.382 e. The summed E-state index contributed by atoms with van der Waals surface area (Å²) in [4.78, 5) is 4.42. The average molecular weight is 229 g/mol. The van der Waals surface area contributed by atoms with Crippen LogP contribution in [0.4, 0.5) is 0 Å². The van der Waals surface area contributed by atoms with Gasteiger partial charge in [-0.05, 0) is 19.8 Å². The van der Waals surface area contributed by atoms with Gasteiger partial charge in [0.1, 0.15) is 0 Å². The van der Waals surface area contributed by atoms with E-state index in [1.165, 1.54) is 12.8 Å². The van der Waals surface area contributed by atoms with Gasteiger partial charge in [0.25, 0.3) is 0 Å². The summed E-state index contributed by atoms with van der Waals surface area (Å²) in [7, 11) is 1.67. The van der Waals surface area contributed by atoms with Crippen molar-refractivity contribution in [1.82, 2.24) is 10.6 Å². The van der Waals surface area contributed by atoms with Crippen LogP contribution < -0.4 is 10.6 Å². The second-order valence-electron chi connectivity index (χ2n) is 3.78. The molecule has 94 valence electrons. The fourth-order valence-corrected chi connectivity index (χ4v) is 1.21. The Kier molecular flexibility index (Phi) is 6.92.